The van der Waals surface area contributed by atoms with Crippen LogP contribution in [0.25, 0.3) is 0 Å². The van der Waals surface area contributed by atoms with Crippen LogP contribution in [0.15, 0.2) is 121 Å². The number of carbonyl (C=O) groups is 2. The molecule has 0 radical (unpaired) electrons. The van der Waals surface area contributed by atoms with Crippen LogP contribution < -0.4 is 29.2 Å². The predicted molar refractivity (Wildman–Crippen MR) is 164 cm³/mol. The quantitative estimate of drug-likeness (QED) is 0.111. The van der Waals surface area contributed by atoms with Crippen molar-refractivity contribution in [1.29, 1.82) is 0 Å². The highest BCUT2D eigenvalue weighted by Crippen LogP contribution is 2.45. The zero-order valence-electron chi connectivity index (χ0n) is 23.4. The molecule has 0 aliphatic heterocycles. The van der Waals surface area contributed by atoms with Gasteiger partial charge in [0.15, 0.2) is 0 Å². The third-order valence-electron chi connectivity index (χ3n) is 5.56. The first-order valence-electron chi connectivity index (χ1n) is 12.9. The van der Waals surface area contributed by atoms with E-state index in [1.54, 1.807) is 86.6 Å². The molecule has 0 unspecified atom stereocenters. The molecular formula is C32H29N2O8P. The summed E-state index contributed by atoms with van der Waals surface area (Å²) >= 11 is 0. The summed E-state index contributed by atoms with van der Waals surface area (Å²) in [6.07, 6.45) is 0. The second-order valence-corrected chi connectivity index (χ2v) is 10.6. The van der Waals surface area contributed by atoms with E-state index in [4.69, 9.17) is 18.5 Å². The normalized spacial score (nSPS) is 10.7. The first-order chi connectivity index (χ1) is 20.5. The molecule has 0 spiro atoms. The van der Waals surface area contributed by atoms with E-state index in [0.717, 1.165) is 0 Å². The number of hydrogen-bond acceptors (Lipinski definition) is 7. The number of phosphoric ester groups is 1. The summed E-state index contributed by atoms with van der Waals surface area (Å²) in [6.45, 7) is 10.4. The van der Waals surface area contributed by atoms with Gasteiger partial charge in [-0.05, 0) is 111 Å². The van der Waals surface area contributed by atoms with E-state index in [-0.39, 0.29) is 23.3 Å². The Morgan fingerprint density at radius 2 is 0.814 bits per heavy atom. The third kappa shape index (κ3) is 9.36. The second kappa shape index (κ2) is 13.6. The lowest BCUT2D eigenvalue weighted by Gasteiger charge is -2.15. The minimum absolute atomic E-state index is 0.0962. The number of benzene rings is 4. The van der Waals surface area contributed by atoms with Crippen LogP contribution in [0.5, 0.6) is 34.5 Å². The summed E-state index contributed by atoms with van der Waals surface area (Å²) in [4.78, 5) is 33.7. The van der Waals surface area contributed by atoms with Crippen LogP contribution in [0, 0.1) is 0 Å². The zero-order chi connectivity index (χ0) is 31.0. The molecule has 0 heterocycles. The smallest absolute Gasteiger partial charge is 0.457 e. The Morgan fingerprint density at radius 1 is 0.558 bits per heavy atom. The minimum Gasteiger partial charge on any atom is -0.457 e. The van der Waals surface area contributed by atoms with Crippen molar-refractivity contribution in [3.63, 3.8) is 0 Å². The maximum Gasteiger partial charge on any atom is 0.584 e. The predicted octanol–water partition coefficient (Wildman–Crippen LogP) is 7.86. The summed E-state index contributed by atoms with van der Waals surface area (Å²) in [6, 6.07) is 25.7. The molecule has 0 saturated carbocycles. The second-order valence-electron chi connectivity index (χ2n) is 9.32. The van der Waals surface area contributed by atoms with E-state index in [1.165, 1.54) is 24.3 Å². The number of hydrogen-bond donors (Lipinski definition) is 3. The molecule has 0 bridgehead atoms. The molecule has 0 aliphatic carbocycles. The van der Waals surface area contributed by atoms with Crippen LogP contribution in [0.2, 0.25) is 0 Å². The van der Waals surface area contributed by atoms with Gasteiger partial charge in [0.1, 0.15) is 34.5 Å². The fraction of sp³-hybridized carbons (Fsp3) is 0.0625. The van der Waals surface area contributed by atoms with Crippen LogP contribution in [-0.4, -0.2) is 16.7 Å². The maximum atomic E-state index is 12.6. The first kappa shape index (κ1) is 30.6. The summed E-state index contributed by atoms with van der Waals surface area (Å²) in [7, 11) is -4.51. The Morgan fingerprint density at radius 3 is 1.09 bits per heavy atom. The average molecular weight is 601 g/mol. The number of phosphoric acid groups is 1. The van der Waals surface area contributed by atoms with Crippen LogP contribution in [0.4, 0.5) is 11.4 Å². The van der Waals surface area contributed by atoms with E-state index in [0.29, 0.717) is 45.5 Å². The molecule has 43 heavy (non-hydrogen) atoms. The minimum atomic E-state index is -4.51. The van der Waals surface area contributed by atoms with Crippen LogP contribution in [-0.2, 0) is 14.2 Å². The summed E-state index contributed by atoms with van der Waals surface area (Å²) in [5.41, 5.74) is 2.00. The van der Waals surface area contributed by atoms with Crippen molar-refractivity contribution < 1.29 is 37.6 Å². The topological polar surface area (TPSA) is 132 Å². The molecule has 0 saturated heterocycles. The van der Waals surface area contributed by atoms with Crippen molar-refractivity contribution in [3.8, 4) is 34.5 Å². The van der Waals surface area contributed by atoms with E-state index in [2.05, 4.69) is 23.8 Å². The molecule has 0 aliphatic rings. The van der Waals surface area contributed by atoms with Gasteiger partial charge in [0, 0.05) is 22.5 Å². The average Bonchev–Trinajstić information content (AvgIpc) is 2.96. The van der Waals surface area contributed by atoms with Gasteiger partial charge in [0.05, 0.1) is 0 Å². The maximum absolute atomic E-state index is 12.6. The van der Waals surface area contributed by atoms with Gasteiger partial charge in [0.2, 0.25) is 0 Å². The summed E-state index contributed by atoms with van der Waals surface area (Å²) in [5.74, 6) is 1.61. The molecule has 220 valence electrons. The van der Waals surface area contributed by atoms with E-state index < -0.39 is 7.82 Å². The number of anilines is 2. The lowest BCUT2D eigenvalue weighted by molar-refractivity contribution is -0.113. The molecule has 10 nitrogen and oxygen atoms in total. The van der Waals surface area contributed by atoms with Gasteiger partial charge >= 0.3 is 7.82 Å². The molecule has 11 heteroatoms. The van der Waals surface area contributed by atoms with Gasteiger partial charge < -0.3 is 29.2 Å². The number of nitrogens with one attached hydrogen (secondary N) is 2. The van der Waals surface area contributed by atoms with Gasteiger partial charge in [-0.2, -0.15) is 0 Å². The number of ether oxygens (including phenoxy) is 2. The SMILES string of the molecule is C=C(C)C(=O)Nc1ccc(Oc2ccc(OP(=O)(O)Oc3ccc(Oc4ccc(NC(=O)C(=C)C)cc4)cc3)cc2)cc1. The van der Waals surface area contributed by atoms with Crippen molar-refractivity contribution in [1.82, 2.24) is 0 Å². The number of rotatable bonds is 12. The van der Waals surface area contributed by atoms with Gasteiger partial charge in [-0.25, -0.2) is 4.57 Å². The Hall–Kier alpha value is -5.31. The molecule has 4 aromatic carbocycles. The summed E-state index contributed by atoms with van der Waals surface area (Å²) < 4.78 is 34.5. The Balaban J connectivity index is 1.28. The lowest BCUT2D eigenvalue weighted by atomic mass is 10.2. The highest BCUT2D eigenvalue weighted by molar-refractivity contribution is 7.48. The largest absolute Gasteiger partial charge is 0.584 e. The fourth-order valence-corrected chi connectivity index (χ4v) is 4.20. The molecule has 0 fully saturated rings. The number of amides is 2. The molecule has 2 amide bonds. The Bertz CT molecular complexity index is 1540. The Labute approximate surface area is 248 Å². The number of carbonyl (C=O) groups excluding carboxylic acids is 2. The first-order valence-corrected chi connectivity index (χ1v) is 14.4. The molecule has 4 rings (SSSR count). The molecule has 4 aromatic rings. The standard InChI is InChI=1S/C32H29N2O8P/c1-21(2)31(35)33-23-5-9-25(10-6-23)39-27-13-17-29(18-14-27)41-43(37,38)42-30-19-15-28(16-20-30)40-26-11-7-24(8-12-26)34-32(36)22(3)4/h5-20H,1,3H2,2,4H3,(H,33,35)(H,34,36)(H,37,38). The third-order valence-corrected chi connectivity index (χ3v) is 6.44. The van der Waals surface area contributed by atoms with E-state index in [9.17, 15) is 19.0 Å². The highest BCUT2D eigenvalue weighted by atomic mass is 31.2. The van der Waals surface area contributed by atoms with Crippen molar-refractivity contribution >= 4 is 31.0 Å². The van der Waals surface area contributed by atoms with Crippen molar-refractivity contribution in [3.05, 3.63) is 121 Å². The van der Waals surface area contributed by atoms with Crippen molar-refractivity contribution in [2.24, 2.45) is 0 Å². The van der Waals surface area contributed by atoms with Crippen LogP contribution >= 0.6 is 7.82 Å². The van der Waals surface area contributed by atoms with Gasteiger partial charge in [0.25, 0.3) is 11.8 Å². The van der Waals surface area contributed by atoms with E-state index >= 15 is 0 Å². The van der Waals surface area contributed by atoms with Crippen LogP contribution in [0.3, 0.4) is 0 Å². The fourth-order valence-electron chi connectivity index (χ4n) is 3.38. The molecule has 0 atom stereocenters. The van der Waals surface area contributed by atoms with Gasteiger partial charge in [-0.3, -0.25) is 14.5 Å². The van der Waals surface area contributed by atoms with Crippen molar-refractivity contribution in [2.45, 2.75) is 13.8 Å². The highest BCUT2D eigenvalue weighted by Gasteiger charge is 2.25. The van der Waals surface area contributed by atoms with E-state index in [1.807, 2.05) is 0 Å². The van der Waals surface area contributed by atoms with Gasteiger partial charge in [-0.1, -0.05) is 13.2 Å². The molecular weight excluding hydrogens is 571 g/mol. The molecule has 0 aromatic heterocycles. The summed E-state index contributed by atoms with van der Waals surface area (Å²) in [5, 5.41) is 5.42. The van der Waals surface area contributed by atoms with Gasteiger partial charge in [-0.15, -0.1) is 0 Å². The zero-order valence-corrected chi connectivity index (χ0v) is 24.3. The lowest BCUT2D eigenvalue weighted by Crippen LogP contribution is -2.11. The molecule has 3 N–H and O–H groups in total. The Kier molecular flexibility index (Phi) is 9.67. The monoisotopic (exact) mass is 600 g/mol. The van der Waals surface area contributed by atoms with Crippen molar-refractivity contribution in [2.75, 3.05) is 10.6 Å². The van der Waals surface area contributed by atoms with Crippen LogP contribution in [0.1, 0.15) is 13.8 Å².